The van der Waals surface area contributed by atoms with Crippen LogP contribution >= 0.6 is 0 Å². The molecular formula is C16H26F2O2. The number of halogens is 2. The second kappa shape index (κ2) is 4.39. The van der Waals surface area contributed by atoms with E-state index in [0.29, 0.717) is 17.8 Å². The van der Waals surface area contributed by atoms with E-state index in [-0.39, 0.29) is 18.1 Å². The van der Waals surface area contributed by atoms with Crippen molar-refractivity contribution in [3.05, 3.63) is 0 Å². The van der Waals surface area contributed by atoms with E-state index < -0.39 is 11.5 Å². The molecule has 0 aromatic heterocycles. The summed E-state index contributed by atoms with van der Waals surface area (Å²) in [5.74, 6) is 1.24. The van der Waals surface area contributed by atoms with Gasteiger partial charge < -0.3 is 9.84 Å². The van der Waals surface area contributed by atoms with Gasteiger partial charge in [0.05, 0.1) is 18.1 Å². The van der Waals surface area contributed by atoms with E-state index in [1.807, 2.05) is 0 Å². The molecule has 20 heavy (non-hydrogen) atoms. The first kappa shape index (κ1) is 14.7. The van der Waals surface area contributed by atoms with Crippen molar-refractivity contribution in [2.45, 2.75) is 65.1 Å². The van der Waals surface area contributed by atoms with Crippen LogP contribution in [0.5, 0.6) is 0 Å². The average molecular weight is 288 g/mol. The van der Waals surface area contributed by atoms with Crippen molar-refractivity contribution in [1.82, 2.24) is 0 Å². The zero-order valence-corrected chi connectivity index (χ0v) is 12.7. The molecule has 0 spiro atoms. The molecule has 2 nitrogen and oxygen atoms in total. The van der Waals surface area contributed by atoms with Crippen molar-refractivity contribution in [3.8, 4) is 0 Å². The van der Waals surface area contributed by atoms with Crippen LogP contribution in [0, 0.1) is 28.6 Å². The fraction of sp³-hybridized carbons (Fsp3) is 1.00. The van der Waals surface area contributed by atoms with Gasteiger partial charge in [-0.2, -0.15) is 8.78 Å². The van der Waals surface area contributed by atoms with Crippen molar-refractivity contribution in [2.24, 2.45) is 28.6 Å². The van der Waals surface area contributed by atoms with Crippen LogP contribution in [0.1, 0.15) is 52.9 Å². The Balaban J connectivity index is 1.69. The summed E-state index contributed by atoms with van der Waals surface area (Å²) in [6.45, 7) is 4.68. The highest BCUT2D eigenvalue weighted by Crippen LogP contribution is 2.60. The Kier molecular flexibility index (Phi) is 3.23. The van der Waals surface area contributed by atoms with Gasteiger partial charge in [-0.1, -0.05) is 20.8 Å². The molecule has 0 radical (unpaired) electrons. The summed E-state index contributed by atoms with van der Waals surface area (Å²) in [6.07, 6.45) is 1.59. The molecule has 4 bridgehead atoms. The van der Waals surface area contributed by atoms with E-state index >= 15 is 0 Å². The summed E-state index contributed by atoms with van der Waals surface area (Å²) >= 11 is 0. The molecule has 4 heteroatoms. The minimum atomic E-state index is -3.09. The van der Waals surface area contributed by atoms with Gasteiger partial charge in [-0.3, -0.25) is 0 Å². The maximum Gasteiger partial charge on any atom is 0.360 e. The molecule has 0 heterocycles. The lowest BCUT2D eigenvalue weighted by atomic mass is 9.49. The SMILES string of the molecule is CC(C)(C)C(F)(F)OCC12CC3CC(C1)C(O)C(C3)C2. The highest BCUT2D eigenvalue weighted by Gasteiger charge is 2.56. The second-order valence-electron chi connectivity index (χ2n) is 8.52. The molecule has 1 N–H and O–H groups in total. The predicted molar refractivity (Wildman–Crippen MR) is 72.3 cm³/mol. The molecule has 4 saturated carbocycles. The number of rotatable bonds is 3. The van der Waals surface area contributed by atoms with E-state index in [4.69, 9.17) is 4.74 Å². The third-order valence-electron chi connectivity index (χ3n) is 5.78. The van der Waals surface area contributed by atoms with Crippen molar-refractivity contribution >= 4 is 0 Å². The third-order valence-corrected chi connectivity index (χ3v) is 5.78. The number of hydrogen-bond donors (Lipinski definition) is 1. The van der Waals surface area contributed by atoms with E-state index in [1.165, 1.54) is 20.8 Å². The van der Waals surface area contributed by atoms with Gasteiger partial charge in [-0.15, -0.1) is 0 Å². The molecule has 116 valence electrons. The van der Waals surface area contributed by atoms with E-state index in [1.54, 1.807) is 0 Å². The van der Waals surface area contributed by atoms with Gasteiger partial charge in [-0.25, -0.2) is 0 Å². The zero-order valence-electron chi connectivity index (χ0n) is 12.7. The minimum absolute atomic E-state index is 0.107. The lowest BCUT2D eigenvalue weighted by Gasteiger charge is -2.58. The maximum absolute atomic E-state index is 14.0. The quantitative estimate of drug-likeness (QED) is 0.855. The van der Waals surface area contributed by atoms with Gasteiger partial charge in [0, 0.05) is 0 Å². The van der Waals surface area contributed by atoms with Crippen LogP contribution in [0.4, 0.5) is 8.78 Å². The Bertz CT molecular complexity index is 372. The fourth-order valence-electron chi connectivity index (χ4n) is 4.80. The average Bonchev–Trinajstić information content (AvgIpc) is 2.31. The molecule has 2 unspecified atom stereocenters. The van der Waals surface area contributed by atoms with Gasteiger partial charge >= 0.3 is 6.11 Å². The number of hydrogen-bond acceptors (Lipinski definition) is 2. The molecule has 4 aliphatic rings. The van der Waals surface area contributed by atoms with E-state index in [0.717, 1.165) is 32.1 Å². The predicted octanol–water partition coefficient (Wildman–Crippen LogP) is 3.83. The molecule has 0 aliphatic heterocycles. The smallest absolute Gasteiger partial charge is 0.360 e. The molecule has 2 atom stereocenters. The number of alkyl halides is 2. The molecule has 0 aromatic rings. The van der Waals surface area contributed by atoms with Gasteiger partial charge in [-0.05, 0) is 55.3 Å². The Hall–Kier alpha value is -0.220. The second-order valence-corrected chi connectivity index (χ2v) is 8.52. The molecule has 4 aliphatic carbocycles. The Morgan fingerprint density at radius 3 is 2.15 bits per heavy atom. The van der Waals surface area contributed by atoms with Crippen molar-refractivity contribution in [1.29, 1.82) is 0 Å². The van der Waals surface area contributed by atoms with Crippen LogP contribution in [0.3, 0.4) is 0 Å². The molecule has 0 aromatic carbocycles. The third kappa shape index (κ3) is 2.29. The van der Waals surface area contributed by atoms with Crippen LogP contribution in [0.15, 0.2) is 0 Å². The summed E-state index contributed by atoms with van der Waals surface area (Å²) in [5, 5.41) is 10.2. The molecule has 4 fully saturated rings. The number of aliphatic hydroxyl groups is 1. The summed E-state index contributed by atoms with van der Waals surface area (Å²) in [6, 6.07) is 0. The first-order chi connectivity index (χ1) is 9.12. The van der Waals surface area contributed by atoms with Crippen molar-refractivity contribution in [2.75, 3.05) is 6.61 Å². The lowest BCUT2D eigenvalue weighted by Crippen LogP contribution is -2.55. The first-order valence-corrected chi connectivity index (χ1v) is 7.82. The van der Waals surface area contributed by atoms with Crippen LogP contribution < -0.4 is 0 Å². The highest BCUT2D eigenvalue weighted by atomic mass is 19.3. The zero-order chi connectivity index (χ0) is 14.8. The molecule has 0 amide bonds. The normalized spacial score (nSPS) is 44.1. The van der Waals surface area contributed by atoms with Gasteiger partial charge in [0.1, 0.15) is 0 Å². The summed E-state index contributed by atoms with van der Waals surface area (Å²) < 4.78 is 33.1. The lowest BCUT2D eigenvalue weighted by molar-refractivity contribution is -0.313. The van der Waals surface area contributed by atoms with E-state index in [9.17, 15) is 13.9 Å². The van der Waals surface area contributed by atoms with Gasteiger partial charge in [0.25, 0.3) is 0 Å². The van der Waals surface area contributed by atoms with Crippen LogP contribution in [0.25, 0.3) is 0 Å². The van der Waals surface area contributed by atoms with Crippen LogP contribution in [-0.4, -0.2) is 23.9 Å². The largest absolute Gasteiger partial charge is 0.393 e. The van der Waals surface area contributed by atoms with Gasteiger partial charge in [0.15, 0.2) is 0 Å². The molecule has 0 saturated heterocycles. The topological polar surface area (TPSA) is 29.5 Å². The van der Waals surface area contributed by atoms with Crippen molar-refractivity contribution in [3.63, 3.8) is 0 Å². The molecular weight excluding hydrogens is 262 g/mol. The summed E-state index contributed by atoms with van der Waals surface area (Å²) in [7, 11) is 0. The molecule has 4 rings (SSSR count). The monoisotopic (exact) mass is 288 g/mol. The van der Waals surface area contributed by atoms with Crippen LogP contribution in [0.2, 0.25) is 0 Å². The Labute approximate surface area is 119 Å². The minimum Gasteiger partial charge on any atom is -0.393 e. The highest BCUT2D eigenvalue weighted by molar-refractivity contribution is 5.05. The Morgan fingerprint density at radius 2 is 1.65 bits per heavy atom. The van der Waals surface area contributed by atoms with Crippen LogP contribution in [-0.2, 0) is 4.74 Å². The summed E-state index contributed by atoms with van der Waals surface area (Å²) in [5.41, 5.74) is -1.28. The Morgan fingerprint density at radius 1 is 1.10 bits per heavy atom. The fourth-order valence-corrected chi connectivity index (χ4v) is 4.80. The van der Waals surface area contributed by atoms with E-state index in [2.05, 4.69) is 0 Å². The first-order valence-electron chi connectivity index (χ1n) is 7.82. The number of ether oxygens (including phenoxy) is 1. The maximum atomic E-state index is 14.0. The van der Waals surface area contributed by atoms with Gasteiger partial charge in [0.2, 0.25) is 0 Å². The summed E-state index contributed by atoms with van der Waals surface area (Å²) in [4.78, 5) is 0. The number of aliphatic hydroxyl groups excluding tert-OH is 1. The van der Waals surface area contributed by atoms with Crippen molar-refractivity contribution < 1.29 is 18.6 Å². The standard InChI is InChI=1S/C16H26F2O2/c1-14(2,3)16(17,18)20-9-15-6-10-4-11(7-15)13(19)12(5-10)8-15/h10-13,19H,4-9H2,1-3H3.